The molecule has 3 aromatic rings. The van der Waals surface area contributed by atoms with Crippen molar-refractivity contribution in [1.29, 1.82) is 0 Å². The third-order valence-electron chi connectivity index (χ3n) is 5.79. The maximum atomic E-state index is 13.6. The summed E-state index contributed by atoms with van der Waals surface area (Å²) in [4.78, 5) is 42.8. The summed E-state index contributed by atoms with van der Waals surface area (Å²) < 4.78 is 12.4. The van der Waals surface area contributed by atoms with E-state index in [2.05, 4.69) is 10.3 Å². The van der Waals surface area contributed by atoms with Gasteiger partial charge in [0.15, 0.2) is 4.80 Å². The average Bonchev–Trinajstić information content (AvgIpc) is 3.17. The Morgan fingerprint density at radius 3 is 2.56 bits per heavy atom. The number of hydrogen-bond donors (Lipinski definition) is 2. The smallest absolute Gasteiger partial charge is 0.338 e. The molecule has 1 aromatic heterocycles. The van der Waals surface area contributed by atoms with Crippen LogP contribution in [0.2, 0.25) is 0 Å². The number of hydrogen-bond acceptors (Lipinski definition) is 8. The van der Waals surface area contributed by atoms with Crippen molar-refractivity contribution in [2.75, 3.05) is 19.0 Å². The van der Waals surface area contributed by atoms with E-state index in [0.29, 0.717) is 37.6 Å². The van der Waals surface area contributed by atoms with Gasteiger partial charge in [0.2, 0.25) is 0 Å². The summed E-state index contributed by atoms with van der Waals surface area (Å²) >= 11 is 1.17. The van der Waals surface area contributed by atoms with Crippen LogP contribution in [0.1, 0.15) is 41.4 Å². The molecule has 0 saturated carbocycles. The zero-order chi connectivity index (χ0) is 26.0. The number of rotatable bonds is 7. The van der Waals surface area contributed by atoms with Crippen LogP contribution in [0.3, 0.4) is 0 Å². The maximum Gasteiger partial charge on any atom is 0.338 e. The van der Waals surface area contributed by atoms with Crippen molar-refractivity contribution in [3.8, 4) is 5.75 Å². The van der Waals surface area contributed by atoms with Gasteiger partial charge in [-0.3, -0.25) is 9.36 Å². The van der Waals surface area contributed by atoms with Gasteiger partial charge in [-0.2, -0.15) is 0 Å². The fraction of sp³-hybridized carbons (Fsp3) is 0.231. The summed E-state index contributed by atoms with van der Waals surface area (Å²) in [5, 5.41) is 12.3. The van der Waals surface area contributed by atoms with E-state index >= 15 is 0 Å². The fourth-order valence-corrected chi connectivity index (χ4v) is 4.92. The Morgan fingerprint density at radius 1 is 1.19 bits per heavy atom. The summed E-state index contributed by atoms with van der Waals surface area (Å²) in [6.07, 6.45) is 1.53. The zero-order valence-corrected chi connectivity index (χ0v) is 21.0. The minimum Gasteiger partial charge on any atom is -0.497 e. The van der Waals surface area contributed by atoms with Gasteiger partial charge in [-0.1, -0.05) is 29.5 Å². The first-order valence-corrected chi connectivity index (χ1v) is 12.0. The molecule has 0 spiro atoms. The highest BCUT2D eigenvalue weighted by atomic mass is 32.1. The summed E-state index contributed by atoms with van der Waals surface area (Å²) in [7, 11) is 1.56. The molecule has 0 radical (unpaired) electrons. The predicted octanol–water partition coefficient (Wildman–Crippen LogP) is 2.83. The van der Waals surface area contributed by atoms with Gasteiger partial charge in [-0.15, -0.1) is 0 Å². The molecular weight excluding hydrogens is 482 g/mol. The lowest BCUT2D eigenvalue weighted by atomic mass is 9.96. The van der Waals surface area contributed by atoms with Crippen LogP contribution in [-0.2, 0) is 9.53 Å². The van der Waals surface area contributed by atoms with Gasteiger partial charge < -0.3 is 19.9 Å². The number of carboxylic acids is 1. The highest BCUT2D eigenvalue weighted by Crippen LogP contribution is 2.31. The molecule has 186 valence electrons. The minimum absolute atomic E-state index is 0.132. The van der Waals surface area contributed by atoms with E-state index in [4.69, 9.17) is 9.47 Å². The summed E-state index contributed by atoms with van der Waals surface area (Å²) in [6.45, 7) is 5.47. The number of benzene rings is 2. The Bertz CT molecular complexity index is 1550. The molecule has 1 aliphatic heterocycles. The first-order chi connectivity index (χ1) is 17.2. The highest BCUT2D eigenvalue weighted by Gasteiger charge is 2.33. The molecular formula is C26H25N3O6S. The van der Waals surface area contributed by atoms with Crippen LogP contribution in [0.5, 0.6) is 5.75 Å². The number of aryl methyl sites for hydroxylation is 1. The van der Waals surface area contributed by atoms with Gasteiger partial charge >= 0.3 is 11.9 Å². The Balaban J connectivity index is 1.85. The maximum absolute atomic E-state index is 13.6. The van der Waals surface area contributed by atoms with Crippen molar-refractivity contribution in [3.05, 3.63) is 90.1 Å². The van der Waals surface area contributed by atoms with E-state index in [0.717, 1.165) is 5.56 Å². The number of carboxylic acid groups (broad SMARTS) is 1. The number of fused-ring (bicyclic) bond motifs is 1. The largest absolute Gasteiger partial charge is 0.497 e. The average molecular weight is 508 g/mol. The number of nitrogens with one attached hydrogen (secondary N) is 1. The number of aromatic nitrogens is 1. The van der Waals surface area contributed by atoms with Gasteiger partial charge in [0.25, 0.3) is 5.56 Å². The first-order valence-electron chi connectivity index (χ1n) is 11.2. The normalized spacial score (nSPS) is 15.2. The first kappa shape index (κ1) is 24.9. The van der Waals surface area contributed by atoms with Crippen molar-refractivity contribution in [1.82, 2.24) is 4.57 Å². The molecule has 2 aromatic carbocycles. The second-order valence-electron chi connectivity index (χ2n) is 8.05. The standard InChI is InChI=1S/C26H25N3O6S/c1-5-35-25(33)21-15(3)28-26-29(22(21)16-8-10-18(34-4)11-9-16)23(30)20(36-26)13-27-19-12-17(24(31)32)7-6-14(19)2/h6-13,22,27H,5H2,1-4H3,(H,31,32)/b20-13-/t22-/m0/s1. The number of carbonyl (C=O) groups is 2. The molecule has 2 heterocycles. The minimum atomic E-state index is -1.04. The monoisotopic (exact) mass is 507 g/mol. The predicted molar refractivity (Wildman–Crippen MR) is 136 cm³/mol. The third kappa shape index (κ3) is 4.67. The van der Waals surface area contributed by atoms with Crippen LogP contribution in [0, 0.1) is 6.92 Å². The summed E-state index contributed by atoms with van der Waals surface area (Å²) in [5.74, 6) is -0.931. The molecule has 0 fully saturated rings. The van der Waals surface area contributed by atoms with Gasteiger partial charge in [0.1, 0.15) is 10.3 Å². The number of esters is 1. The van der Waals surface area contributed by atoms with Crippen molar-refractivity contribution in [2.24, 2.45) is 4.99 Å². The molecule has 9 nitrogen and oxygen atoms in total. The van der Waals surface area contributed by atoms with E-state index < -0.39 is 18.0 Å². The molecule has 1 atom stereocenters. The molecule has 0 unspecified atom stereocenters. The molecule has 2 N–H and O–H groups in total. The number of ether oxygens (including phenoxy) is 2. The van der Waals surface area contributed by atoms with E-state index in [1.165, 1.54) is 34.2 Å². The van der Waals surface area contributed by atoms with Crippen molar-refractivity contribution in [2.45, 2.75) is 26.8 Å². The van der Waals surface area contributed by atoms with Crippen molar-refractivity contribution in [3.63, 3.8) is 0 Å². The van der Waals surface area contributed by atoms with Gasteiger partial charge in [0.05, 0.1) is 36.6 Å². The number of methoxy groups -OCH3 is 1. The topological polar surface area (TPSA) is 119 Å². The van der Waals surface area contributed by atoms with Crippen LogP contribution in [0.25, 0.3) is 6.20 Å². The van der Waals surface area contributed by atoms with Gasteiger partial charge in [-0.25, -0.2) is 14.6 Å². The van der Waals surface area contributed by atoms with Crippen LogP contribution < -0.4 is 24.9 Å². The molecule has 1 aliphatic rings. The van der Waals surface area contributed by atoms with Crippen LogP contribution >= 0.6 is 11.3 Å². The van der Waals surface area contributed by atoms with Crippen LogP contribution in [-0.4, -0.2) is 35.3 Å². The quantitative estimate of drug-likeness (QED) is 0.472. The second-order valence-corrected chi connectivity index (χ2v) is 9.06. The molecule has 36 heavy (non-hydrogen) atoms. The Labute approximate surface area is 210 Å². The molecule has 0 bridgehead atoms. The fourth-order valence-electron chi connectivity index (χ4n) is 3.95. The second kappa shape index (κ2) is 10.2. The van der Waals surface area contributed by atoms with E-state index in [-0.39, 0.29) is 17.7 Å². The zero-order valence-electron chi connectivity index (χ0n) is 20.2. The summed E-state index contributed by atoms with van der Waals surface area (Å²) in [6, 6.07) is 11.1. The molecule has 0 amide bonds. The van der Waals surface area contributed by atoms with Crippen LogP contribution in [0.4, 0.5) is 5.69 Å². The molecule has 4 rings (SSSR count). The number of allylic oxidation sites excluding steroid dienone is 1. The van der Waals surface area contributed by atoms with Gasteiger partial charge in [0, 0.05) is 11.9 Å². The Morgan fingerprint density at radius 2 is 1.92 bits per heavy atom. The Hall–Kier alpha value is -4.18. The SMILES string of the molecule is CCOC(=O)C1=C(C)N=c2s/c(=C\Nc3cc(C(=O)O)ccc3C)c(=O)n2[C@H]1c1ccc(OC)cc1. The molecule has 0 saturated heterocycles. The highest BCUT2D eigenvalue weighted by molar-refractivity contribution is 7.07. The number of nitrogens with zero attached hydrogens (tertiary/aromatic N) is 2. The van der Waals surface area contributed by atoms with Crippen LogP contribution in [0.15, 0.2) is 63.5 Å². The number of aromatic carboxylic acids is 1. The van der Waals surface area contributed by atoms with E-state index in [9.17, 15) is 19.5 Å². The molecule has 10 heteroatoms. The van der Waals surface area contributed by atoms with Crippen molar-refractivity contribution < 1.29 is 24.2 Å². The lowest BCUT2D eigenvalue weighted by Crippen LogP contribution is -2.40. The lowest BCUT2D eigenvalue weighted by Gasteiger charge is -2.24. The number of anilines is 1. The van der Waals surface area contributed by atoms with Gasteiger partial charge in [-0.05, 0) is 56.2 Å². The van der Waals surface area contributed by atoms with E-state index in [1.54, 1.807) is 51.3 Å². The summed E-state index contributed by atoms with van der Waals surface area (Å²) in [5.41, 5.74) is 2.65. The molecule has 0 aliphatic carbocycles. The van der Waals surface area contributed by atoms with E-state index in [1.807, 2.05) is 6.92 Å². The number of thiazole rings is 1. The third-order valence-corrected chi connectivity index (χ3v) is 6.77. The Kier molecular flexibility index (Phi) is 7.07. The number of carbonyl (C=O) groups excluding carboxylic acids is 1. The van der Waals surface area contributed by atoms with Crippen molar-refractivity contribution >= 4 is 35.2 Å². The lowest BCUT2D eigenvalue weighted by molar-refractivity contribution is -0.139.